The molecule has 1 aliphatic rings. The summed E-state index contributed by atoms with van der Waals surface area (Å²) in [5, 5.41) is 6.86. The predicted octanol–water partition coefficient (Wildman–Crippen LogP) is 4.89. The van der Waals surface area contributed by atoms with Gasteiger partial charge < -0.3 is 14.0 Å². The fourth-order valence-corrected chi connectivity index (χ4v) is 4.06. The quantitative estimate of drug-likeness (QED) is 0.308. The van der Waals surface area contributed by atoms with Crippen molar-refractivity contribution in [1.29, 1.82) is 0 Å². The molecule has 7 nitrogen and oxygen atoms in total. The maximum atomic E-state index is 12.5. The number of hydrogen-bond donors (Lipinski definition) is 0. The van der Waals surface area contributed by atoms with Gasteiger partial charge in [0.25, 0.3) is 0 Å². The van der Waals surface area contributed by atoms with E-state index in [4.69, 9.17) is 14.0 Å². The second-order valence-corrected chi connectivity index (χ2v) is 9.20. The number of ketones is 2. The minimum absolute atomic E-state index is 0.0163. The predicted molar refractivity (Wildman–Crippen MR) is 119 cm³/mol. The Balaban J connectivity index is 1.49. The summed E-state index contributed by atoms with van der Waals surface area (Å²) in [5.74, 6) is -0.0709. The Hall–Kier alpha value is -3.22. The first-order chi connectivity index (χ1) is 15.2. The number of benzene rings is 2. The largest absolute Gasteiger partial charge is 0.494 e. The second kappa shape index (κ2) is 8.73. The van der Waals surface area contributed by atoms with E-state index in [1.165, 1.54) is 0 Å². The van der Waals surface area contributed by atoms with Crippen molar-refractivity contribution in [1.82, 2.24) is 5.16 Å². The van der Waals surface area contributed by atoms with Crippen molar-refractivity contribution in [3.05, 3.63) is 36.0 Å². The zero-order valence-corrected chi connectivity index (χ0v) is 18.6. The van der Waals surface area contributed by atoms with Crippen molar-refractivity contribution in [2.75, 3.05) is 6.61 Å². The number of hydrogen-bond acceptors (Lipinski definition) is 7. The van der Waals surface area contributed by atoms with E-state index >= 15 is 0 Å². The van der Waals surface area contributed by atoms with Crippen LogP contribution in [0.2, 0.25) is 0 Å². The highest BCUT2D eigenvalue weighted by atomic mass is 16.6. The zero-order valence-electron chi connectivity index (χ0n) is 18.6. The van der Waals surface area contributed by atoms with Gasteiger partial charge in [-0.1, -0.05) is 11.2 Å². The third-order valence-corrected chi connectivity index (χ3v) is 5.47. The molecule has 0 spiro atoms. The van der Waals surface area contributed by atoms with Gasteiger partial charge in [0.05, 0.1) is 24.3 Å². The van der Waals surface area contributed by atoms with Gasteiger partial charge in [0.2, 0.25) is 0 Å². The summed E-state index contributed by atoms with van der Waals surface area (Å²) in [6.07, 6.45) is 1.67. The number of carbonyl (C=O) groups excluding carboxylic acids is 3. The Morgan fingerprint density at radius 3 is 2.75 bits per heavy atom. The average molecular weight is 437 g/mol. The van der Waals surface area contributed by atoms with Crippen LogP contribution in [0.4, 0.5) is 0 Å². The summed E-state index contributed by atoms with van der Waals surface area (Å²) >= 11 is 0. The summed E-state index contributed by atoms with van der Waals surface area (Å²) in [6.45, 7) is 5.93. The fraction of sp³-hybridized carbons (Fsp3) is 0.440. The van der Waals surface area contributed by atoms with Crippen LogP contribution in [0.15, 0.2) is 34.9 Å². The van der Waals surface area contributed by atoms with Crippen molar-refractivity contribution in [3.8, 4) is 5.75 Å². The van der Waals surface area contributed by atoms with Crippen molar-refractivity contribution >= 4 is 39.3 Å². The topological polar surface area (TPSA) is 95.7 Å². The van der Waals surface area contributed by atoms with E-state index in [2.05, 4.69) is 5.16 Å². The molecule has 32 heavy (non-hydrogen) atoms. The number of aromatic nitrogens is 1. The lowest BCUT2D eigenvalue weighted by atomic mass is 9.83. The molecular weight excluding hydrogens is 410 g/mol. The molecular formula is C25H27NO6. The Kier molecular flexibility index (Phi) is 6.00. The molecule has 0 amide bonds. The summed E-state index contributed by atoms with van der Waals surface area (Å²) in [6, 6.07) is 9.47. The van der Waals surface area contributed by atoms with Gasteiger partial charge in [-0.05, 0) is 68.7 Å². The van der Waals surface area contributed by atoms with E-state index in [9.17, 15) is 14.4 Å². The molecule has 0 radical (unpaired) electrons. The van der Waals surface area contributed by atoms with Crippen LogP contribution in [0.5, 0.6) is 5.75 Å². The van der Waals surface area contributed by atoms with Gasteiger partial charge in [0, 0.05) is 12.8 Å². The number of nitrogens with zero attached hydrogens (tertiary/aromatic N) is 1. The van der Waals surface area contributed by atoms with Gasteiger partial charge in [0.15, 0.2) is 5.58 Å². The highest BCUT2D eigenvalue weighted by molar-refractivity contribution is 6.11. The van der Waals surface area contributed by atoms with E-state index in [-0.39, 0.29) is 24.0 Å². The molecule has 1 heterocycles. The van der Waals surface area contributed by atoms with Gasteiger partial charge >= 0.3 is 5.97 Å². The van der Waals surface area contributed by atoms with E-state index < -0.39 is 11.5 Å². The number of rotatable bonds is 6. The highest BCUT2D eigenvalue weighted by Crippen LogP contribution is 2.37. The molecule has 0 bridgehead atoms. The molecule has 1 aromatic heterocycles. The number of ether oxygens (including phenoxy) is 2. The highest BCUT2D eigenvalue weighted by Gasteiger charge is 2.32. The molecule has 7 heteroatoms. The lowest BCUT2D eigenvalue weighted by Crippen LogP contribution is -2.23. The van der Waals surface area contributed by atoms with E-state index in [0.29, 0.717) is 49.3 Å². The Labute approximate surface area is 186 Å². The Morgan fingerprint density at radius 1 is 1.19 bits per heavy atom. The lowest BCUT2D eigenvalue weighted by Gasteiger charge is -2.19. The number of Topliss-reactive ketones (excluding diaryl/α,β-unsaturated/α-hetero) is 2. The number of carbonyl (C=O) groups is 3. The molecule has 1 saturated carbocycles. The van der Waals surface area contributed by atoms with Gasteiger partial charge in [-0.2, -0.15) is 0 Å². The molecule has 2 aromatic carbocycles. The van der Waals surface area contributed by atoms with Gasteiger partial charge in [-0.25, -0.2) is 0 Å². The van der Waals surface area contributed by atoms with Crippen LogP contribution in [-0.2, 0) is 19.1 Å². The van der Waals surface area contributed by atoms with E-state index in [0.717, 1.165) is 16.2 Å². The van der Waals surface area contributed by atoms with Crippen molar-refractivity contribution < 1.29 is 28.4 Å². The van der Waals surface area contributed by atoms with Crippen LogP contribution < -0.4 is 4.74 Å². The van der Waals surface area contributed by atoms with Gasteiger partial charge in [-0.3, -0.25) is 14.4 Å². The molecule has 0 N–H and O–H groups in total. The molecule has 3 aromatic rings. The SMILES string of the molecule is CC(C)(C)OC(=O)CCCOc1ccc2c(ccc3onc(C4CCC(=O)CC4=O)c32)c1. The van der Waals surface area contributed by atoms with Crippen LogP contribution in [-0.4, -0.2) is 34.9 Å². The van der Waals surface area contributed by atoms with E-state index in [1.54, 1.807) is 0 Å². The number of fused-ring (bicyclic) bond motifs is 3. The molecule has 1 unspecified atom stereocenters. The summed E-state index contributed by atoms with van der Waals surface area (Å²) in [4.78, 5) is 35.9. The zero-order chi connectivity index (χ0) is 22.9. The average Bonchev–Trinajstić information content (AvgIpc) is 3.14. The third-order valence-electron chi connectivity index (χ3n) is 5.47. The molecule has 0 saturated heterocycles. The maximum absolute atomic E-state index is 12.5. The Morgan fingerprint density at radius 2 is 2.00 bits per heavy atom. The van der Waals surface area contributed by atoms with Crippen molar-refractivity contribution in [2.24, 2.45) is 0 Å². The first-order valence-corrected chi connectivity index (χ1v) is 10.9. The molecule has 1 aliphatic carbocycles. The summed E-state index contributed by atoms with van der Waals surface area (Å²) < 4.78 is 16.6. The smallest absolute Gasteiger partial charge is 0.306 e. The minimum Gasteiger partial charge on any atom is -0.494 e. The first-order valence-electron chi connectivity index (χ1n) is 10.9. The monoisotopic (exact) mass is 437 g/mol. The molecule has 1 fully saturated rings. The third kappa shape index (κ3) is 4.82. The molecule has 4 rings (SSSR count). The number of esters is 1. The normalized spacial score (nSPS) is 17.2. The van der Waals surface area contributed by atoms with Gasteiger partial charge in [-0.15, -0.1) is 0 Å². The van der Waals surface area contributed by atoms with Crippen LogP contribution in [0.25, 0.3) is 21.7 Å². The van der Waals surface area contributed by atoms with Crippen molar-refractivity contribution in [2.45, 2.75) is 64.4 Å². The van der Waals surface area contributed by atoms with Gasteiger partial charge in [0.1, 0.15) is 28.6 Å². The summed E-state index contributed by atoms with van der Waals surface area (Å²) in [5.41, 5.74) is 0.734. The first kappa shape index (κ1) is 22.0. The van der Waals surface area contributed by atoms with Crippen LogP contribution in [0, 0.1) is 0 Å². The molecule has 168 valence electrons. The van der Waals surface area contributed by atoms with E-state index in [1.807, 2.05) is 51.1 Å². The van der Waals surface area contributed by atoms with Crippen LogP contribution >= 0.6 is 0 Å². The second-order valence-electron chi connectivity index (χ2n) is 9.20. The molecule has 0 aliphatic heterocycles. The van der Waals surface area contributed by atoms with Crippen LogP contribution in [0.1, 0.15) is 64.5 Å². The van der Waals surface area contributed by atoms with Crippen LogP contribution in [0.3, 0.4) is 0 Å². The minimum atomic E-state index is -0.486. The molecule has 1 atom stereocenters. The maximum Gasteiger partial charge on any atom is 0.306 e. The van der Waals surface area contributed by atoms with Crippen molar-refractivity contribution in [3.63, 3.8) is 0 Å². The Bertz CT molecular complexity index is 1190. The standard InChI is InChI=1S/C25H27NO6/c1-25(2,3)31-22(29)5-4-12-30-17-8-10-18-15(13-17)6-11-21-23(18)24(26-32-21)19-9-7-16(27)14-20(19)28/h6,8,10-11,13,19H,4-5,7,9,12,14H2,1-3H3. The lowest BCUT2D eigenvalue weighted by molar-refractivity contribution is -0.155. The fourth-order valence-electron chi connectivity index (χ4n) is 4.06. The summed E-state index contributed by atoms with van der Waals surface area (Å²) in [7, 11) is 0.